The van der Waals surface area contributed by atoms with Crippen LogP contribution in [0.5, 0.6) is 5.75 Å². The number of H-pyrrole nitrogens is 1. The number of halogens is 1. The molecule has 0 amide bonds. The van der Waals surface area contributed by atoms with E-state index in [1.807, 2.05) is 24.3 Å². The molecule has 5 rings (SSSR count). The van der Waals surface area contributed by atoms with Gasteiger partial charge in [-0.3, -0.25) is 0 Å². The van der Waals surface area contributed by atoms with E-state index in [1.54, 1.807) is 31.3 Å². The fraction of sp³-hybridized carbons (Fsp3) is 0.320. The molecule has 2 aromatic carbocycles. The molecule has 4 aromatic rings. The molecule has 3 heterocycles. The second-order valence-corrected chi connectivity index (χ2v) is 11.2. The van der Waals surface area contributed by atoms with Crippen LogP contribution in [0.2, 0.25) is 5.02 Å². The zero-order chi connectivity index (χ0) is 23.0. The molecule has 8 heteroatoms. The minimum absolute atomic E-state index is 0.0575. The highest BCUT2D eigenvalue weighted by Crippen LogP contribution is 2.40. The van der Waals surface area contributed by atoms with E-state index in [0.717, 1.165) is 59.1 Å². The largest absolute Gasteiger partial charge is 0.491 e. The number of ether oxygens (including phenoxy) is 1. The first-order valence-electron chi connectivity index (χ1n) is 11.2. The van der Waals surface area contributed by atoms with E-state index in [1.165, 1.54) is 0 Å². The number of aromatic nitrogens is 2. The van der Waals surface area contributed by atoms with Gasteiger partial charge < -0.3 is 15.0 Å². The lowest BCUT2D eigenvalue weighted by Gasteiger charge is -2.23. The van der Waals surface area contributed by atoms with Crippen LogP contribution in [0, 0.1) is 5.92 Å². The van der Waals surface area contributed by atoms with Gasteiger partial charge in [-0.05, 0) is 73.3 Å². The van der Waals surface area contributed by atoms with E-state index in [-0.39, 0.29) is 5.75 Å². The number of rotatable bonds is 6. The third kappa shape index (κ3) is 4.33. The molecule has 6 nitrogen and oxygen atoms in total. The standard InChI is InChI=1S/C25H26ClN3O3S/c1-2-33(30,31)19-5-3-4-17(12-19)20-6-7-22(32-15-16-8-10-27-11-9-16)24-23(20)21-13-18(26)14-28-25(21)29-24/h3-7,12-14,16,27H,2,8-11,15H2,1H3,(H,28,29). The molecular formula is C25H26ClN3O3S. The number of piperidine rings is 1. The van der Waals surface area contributed by atoms with Crippen molar-refractivity contribution >= 4 is 43.4 Å². The number of benzene rings is 2. The van der Waals surface area contributed by atoms with Crippen LogP contribution in [0.3, 0.4) is 0 Å². The number of hydrogen-bond donors (Lipinski definition) is 2. The van der Waals surface area contributed by atoms with Crippen molar-refractivity contribution in [1.82, 2.24) is 15.3 Å². The van der Waals surface area contributed by atoms with Gasteiger partial charge in [-0.2, -0.15) is 0 Å². The van der Waals surface area contributed by atoms with Gasteiger partial charge in [0.2, 0.25) is 0 Å². The van der Waals surface area contributed by atoms with Crippen LogP contribution in [0.4, 0.5) is 0 Å². The first kappa shape index (κ1) is 22.2. The molecular weight excluding hydrogens is 458 g/mol. The SMILES string of the molecule is CCS(=O)(=O)c1cccc(-c2ccc(OCC3CCNCC3)c3[nH]c4ncc(Cl)cc4c23)c1. The van der Waals surface area contributed by atoms with Gasteiger partial charge in [-0.1, -0.05) is 30.7 Å². The molecule has 2 N–H and O–H groups in total. The zero-order valence-electron chi connectivity index (χ0n) is 18.4. The number of nitrogens with zero attached hydrogens (tertiary/aromatic N) is 1. The zero-order valence-corrected chi connectivity index (χ0v) is 20.0. The van der Waals surface area contributed by atoms with Crippen molar-refractivity contribution in [2.45, 2.75) is 24.7 Å². The first-order chi connectivity index (χ1) is 16.0. The summed E-state index contributed by atoms with van der Waals surface area (Å²) >= 11 is 6.29. The summed E-state index contributed by atoms with van der Waals surface area (Å²) in [6.07, 6.45) is 3.82. The van der Waals surface area contributed by atoms with Crippen molar-refractivity contribution in [1.29, 1.82) is 0 Å². The molecule has 33 heavy (non-hydrogen) atoms. The Balaban J connectivity index is 1.65. The van der Waals surface area contributed by atoms with Gasteiger partial charge in [0.1, 0.15) is 11.4 Å². The molecule has 0 aliphatic carbocycles. The van der Waals surface area contributed by atoms with Crippen molar-refractivity contribution in [2.24, 2.45) is 5.92 Å². The lowest BCUT2D eigenvalue weighted by Crippen LogP contribution is -2.30. The predicted molar refractivity (Wildman–Crippen MR) is 133 cm³/mol. The molecule has 0 atom stereocenters. The Morgan fingerprint density at radius 3 is 2.76 bits per heavy atom. The number of hydrogen-bond acceptors (Lipinski definition) is 5. The average Bonchev–Trinajstić information content (AvgIpc) is 3.22. The summed E-state index contributed by atoms with van der Waals surface area (Å²) in [5.74, 6) is 1.34. The smallest absolute Gasteiger partial charge is 0.178 e. The number of pyridine rings is 1. The number of fused-ring (bicyclic) bond motifs is 3. The number of nitrogens with one attached hydrogen (secondary N) is 2. The maximum atomic E-state index is 12.5. The fourth-order valence-corrected chi connectivity index (χ4v) is 5.56. The second kappa shape index (κ2) is 8.97. The Bertz CT molecular complexity index is 1430. The molecule has 0 spiro atoms. The Hall–Kier alpha value is -2.61. The molecule has 0 bridgehead atoms. The van der Waals surface area contributed by atoms with Crippen LogP contribution in [0.15, 0.2) is 53.6 Å². The molecule has 0 saturated carbocycles. The van der Waals surface area contributed by atoms with E-state index in [0.29, 0.717) is 28.1 Å². The Morgan fingerprint density at radius 2 is 1.97 bits per heavy atom. The third-order valence-electron chi connectivity index (χ3n) is 6.35. The van der Waals surface area contributed by atoms with Gasteiger partial charge in [-0.15, -0.1) is 0 Å². The summed E-state index contributed by atoms with van der Waals surface area (Å²) in [5.41, 5.74) is 3.28. The highest BCUT2D eigenvalue weighted by molar-refractivity contribution is 7.91. The summed E-state index contributed by atoms with van der Waals surface area (Å²) in [7, 11) is -3.32. The van der Waals surface area contributed by atoms with Crippen molar-refractivity contribution in [3.63, 3.8) is 0 Å². The lowest BCUT2D eigenvalue weighted by molar-refractivity contribution is 0.217. The van der Waals surface area contributed by atoms with E-state index in [2.05, 4.69) is 15.3 Å². The lowest BCUT2D eigenvalue weighted by atomic mass is 9.98. The number of aromatic amines is 1. The summed E-state index contributed by atoms with van der Waals surface area (Å²) in [5, 5.41) is 5.73. The van der Waals surface area contributed by atoms with E-state index < -0.39 is 9.84 Å². The predicted octanol–water partition coefficient (Wildman–Crippen LogP) is 5.21. The first-order valence-corrected chi connectivity index (χ1v) is 13.3. The Kier molecular flexibility index (Phi) is 6.03. The fourth-order valence-electron chi connectivity index (χ4n) is 4.48. The molecule has 172 valence electrons. The van der Waals surface area contributed by atoms with E-state index in [4.69, 9.17) is 16.3 Å². The molecule has 1 aliphatic rings. The van der Waals surface area contributed by atoms with Gasteiger partial charge in [-0.25, -0.2) is 13.4 Å². The van der Waals surface area contributed by atoms with Gasteiger partial charge in [0.25, 0.3) is 0 Å². The van der Waals surface area contributed by atoms with Crippen LogP contribution >= 0.6 is 11.6 Å². The van der Waals surface area contributed by atoms with E-state index >= 15 is 0 Å². The summed E-state index contributed by atoms with van der Waals surface area (Å²) < 4.78 is 31.3. The van der Waals surface area contributed by atoms with Gasteiger partial charge in [0.15, 0.2) is 9.84 Å². The quantitative estimate of drug-likeness (QED) is 0.393. The van der Waals surface area contributed by atoms with Gasteiger partial charge >= 0.3 is 0 Å². The summed E-state index contributed by atoms with van der Waals surface area (Å²) in [4.78, 5) is 8.19. The minimum Gasteiger partial charge on any atom is -0.491 e. The highest BCUT2D eigenvalue weighted by Gasteiger charge is 2.19. The summed E-state index contributed by atoms with van der Waals surface area (Å²) in [6.45, 7) is 4.36. The molecule has 1 saturated heterocycles. The number of sulfone groups is 1. The topological polar surface area (TPSA) is 84.1 Å². The molecule has 1 fully saturated rings. The Morgan fingerprint density at radius 1 is 1.15 bits per heavy atom. The summed E-state index contributed by atoms with van der Waals surface area (Å²) in [6, 6.07) is 12.9. The van der Waals surface area contributed by atoms with Crippen LogP contribution in [-0.2, 0) is 9.84 Å². The molecule has 2 aromatic heterocycles. The van der Waals surface area contributed by atoms with Crippen LogP contribution < -0.4 is 10.1 Å². The minimum atomic E-state index is -3.32. The highest BCUT2D eigenvalue weighted by atomic mass is 35.5. The van der Waals surface area contributed by atoms with Gasteiger partial charge in [0.05, 0.1) is 27.8 Å². The normalized spacial score (nSPS) is 15.3. The average molecular weight is 484 g/mol. The van der Waals surface area contributed by atoms with Crippen LogP contribution in [-0.4, -0.2) is 43.8 Å². The monoisotopic (exact) mass is 483 g/mol. The van der Waals surface area contributed by atoms with Gasteiger partial charge in [0, 0.05) is 17.0 Å². The molecule has 0 radical (unpaired) electrons. The molecule has 1 aliphatic heterocycles. The van der Waals surface area contributed by atoms with Crippen molar-refractivity contribution < 1.29 is 13.2 Å². The second-order valence-electron chi connectivity index (χ2n) is 8.47. The van der Waals surface area contributed by atoms with Crippen LogP contribution in [0.1, 0.15) is 19.8 Å². The molecule has 0 unspecified atom stereocenters. The van der Waals surface area contributed by atoms with Crippen molar-refractivity contribution in [3.05, 3.63) is 53.7 Å². The maximum absolute atomic E-state index is 12.5. The Labute approximate surface area is 198 Å². The van der Waals surface area contributed by atoms with Crippen molar-refractivity contribution in [3.8, 4) is 16.9 Å². The van der Waals surface area contributed by atoms with Crippen LogP contribution in [0.25, 0.3) is 33.1 Å². The van der Waals surface area contributed by atoms with Crippen molar-refractivity contribution in [2.75, 3.05) is 25.4 Å². The maximum Gasteiger partial charge on any atom is 0.178 e. The van der Waals surface area contributed by atoms with E-state index in [9.17, 15) is 8.42 Å². The third-order valence-corrected chi connectivity index (χ3v) is 8.29.